The molecule has 25 heavy (non-hydrogen) atoms. The molecule has 0 aromatic heterocycles. The summed E-state index contributed by atoms with van der Waals surface area (Å²) in [6, 6.07) is 13.4. The highest BCUT2D eigenvalue weighted by molar-refractivity contribution is 6.07. The number of rotatable bonds is 5. The van der Waals surface area contributed by atoms with Gasteiger partial charge in [0.05, 0.1) is 14.2 Å². The van der Waals surface area contributed by atoms with Crippen LogP contribution in [0.2, 0.25) is 0 Å². The van der Waals surface area contributed by atoms with Gasteiger partial charge in [0.25, 0.3) is 0 Å². The van der Waals surface area contributed by atoms with E-state index in [0.29, 0.717) is 29.5 Å². The number of cyclic esters (lactones) is 1. The van der Waals surface area contributed by atoms with E-state index in [1.165, 1.54) is 0 Å². The van der Waals surface area contributed by atoms with E-state index in [1.807, 2.05) is 49.4 Å². The molecular formula is C20H19NO4. The number of nitrogens with zero attached hydrogens (tertiary/aromatic N) is 1. The lowest BCUT2D eigenvalue weighted by Gasteiger charge is -2.09. The van der Waals surface area contributed by atoms with Gasteiger partial charge in [0.1, 0.15) is 0 Å². The zero-order valence-corrected chi connectivity index (χ0v) is 14.4. The second-order valence-electron chi connectivity index (χ2n) is 5.70. The molecule has 0 aliphatic carbocycles. The lowest BCUT2D eigenvalue weighted by Crippen LogP contribution is -2.07. The SMILES string of the molecule is COc1ccc(CC2=N/C(=C/c3ccc(C)cc3)C(=O)O2)cc1OC. The Morgan fingerprint density at radius 3 is 2.44 bits per heavy atom. The first-order valence-corrected chi connectivity index (χ1v) is 7.88. The molecule has 2 aromatic rings. The lowest BCUT2D eigenvalue weighted by atomic mass is 10.1. The van der Waals surface area contributed by atoms with E-state index in [0.717, 1.165) is 16.7 Å². The first kappa shape index (κ1) is 16.8. The van der Waals surface area contributed by atoms with Crippen LogP contribution in [0.1, 0.15) is 16.7 Å². The standard InChI is InChI=1S/C20H19NO4/c1-13-4-6-14(7-5-13)10-16-20(22)25-19(21-16)12-15-8-9-17(23-2)18(11-15)24-3/h4-11H,12H2,1-3H3/b16-10+. The van der Waals surface area contributed by atoms with Crippen LogP contribution in [-0.2, 0) is 16.0 Å². The maximum Gasteiger partial charge on any atom is 0.363 e. The van der Waals surface area contributed by atoms with Crippen LogP contribution in [0.3, 0.4) is 0 Å². The molecule has 1 aliphatic rings. The average Bonchev–Trinajstić information content (AvgIpc) is 2.96. The first-order valence-electron chi connectivity index (χ1n) is 7.88. The summed E-state index contributed by atoms with van der Waals surface area (Å²) in [6.45, 7) is 2.01. The Balaban J connectivity index is 1.80. The molecule has 0 spiro atoms. The number of esters is 1. The third-order valence-electron chi connectivity index (χ3n) is 3.85. The molecule has 5 nitrogen and oxygen atoms in total. The molecule has 0 fully saturated rings. The van der Waals surface area contributed by atoms with Crippen molar-refractivity contribution in [2.45, 2.75) is 13.3 Å². The second kappa shape index (κ2) is 7.21. The summed E-state index contributed by atoms with van der Waals surface area (Å²) in [5, 5.41) is 0. The van der Waals surface area contributed by atoms with Crippen LogP contribution in [0, 0.1) is 6.92 Å². The summed E-state index contributed by atoms with van der Waals surface area (Å²) in [7, 11) is 3.17. The predicted molar refractivity (Wildman–Crippen MR) is 95.9 cm³/mol. The predicted octanol–water partition coefficient (Wildman–Crippen LogP) is 3.55. The summed E-state index contributed by atoms with van der Waals surface area (Å²) >= 11 is 0. The zero-order valence-electron chi connectivity index (χ0n) is 14.4. The van der Waals surface area contributed by atoms with Gasteiger partial charge in [-0.15, -0.1) is 0 Å². The monoisotopic (exact) mass is 337 g/mol. The fraction of sp³-hybridized carbons (Fsp3) is 0.200. The second-order valence-corrected chi connectivity index (χ2v) is 5.70. The number of aliphatic imine (C=N–C) groups is 1. The van der Waals surface area contributed by atoms with Gasteiger partial charge in [-0.25, -0.2) is 9.79 Å². The molecule has 128 valence electrons. The highest BCUT2D eigenvalue weighted by Gasteiger charge is 2.23. The molecule has 0 radical (unpaired) electrons. The van der Waals surface area contributed by atoms with Crippen molar-refractivity contribution in [1.82, 2.24) is 0 Å². The smallest absolute Gasteiger partial charge is 0.363 e. The molecule has 0 bridgehead atoms. The van der Waals surface area contributed by atoms with Crippen molar-refractivity contribution in [2.24, 2.45) is 4.99 Å². The summed E-state index contributed by atoms with van der Waals surface area (Å²) in [4.78, 5) is 16.3. The maximum absolute atomic E-state index is 12.0. The molecule has 0 unspecified atom stereocenters. The van der Waals surface area contributed by atoms with Crippen molar-refractivity contribution < 1.29 is 19.0 Å². The van der Waals surface area contributed by atoms with Crippen molar-refractivity contribution in [2.75, 3.05) is 14.2 Å². The number of carbonyl (C=O) groups excluding carboxylic acids is 1. The average molecular weight is 337 g/mol. The number of aryl methyl sites for hydroxylation is 1. The van der Waals surface area contributed by atoms with Gasteiger partial charge in [-0.1, -0.05) is 35.9 Å². The van der Waals surface area contributed by atoms with Crippen molar-refractivity contribution in [3.8, 4) is 11.5 Å². The Bertz CT molecular complexity index is 850. The van der Waals surface area contributed by atoms with E-state index in [4.69, 9.17) is 14.2 Å². The van der Waals surface area contributed by atoms with Gasteiger partial charge in [0.15, 0.2) is 17.2 Å². The number of benzene rings is 2. The topological polar surface area (TPSA) is 57.1 Å². The van der Waals surface area contributed by atoms with Crippen molar-refractivity contribution in [3.63, 3.8) is 0 Å². The first-order chi connectivity index (χ1) is 12.1. The number of hydrogen-bond donors (Lipinski definition) is 0. The molecule has 0 atom stereocenters. The Morgan fingerprint density at radius 1 is 1.04 bits per heavy atom. The lowest BCUT2D eigenvalue weighted by molar-refractivity contribution is -0.130. The van der Waals surface area contributed by atoms with Crippen molar-refractivity contribution in [1.29, 1.82) is 0 Å². The fourth-order valence-electron chi connectivity index (χ4n) is 2.51. The fourth-order valence-corrected chi connectivity index (χ4v) is 2.51. The molecule has 0 N–H and O–H groups in total. The van der Waals surface area contributed by atoms with Crippen LogP contribution < -0.4 is 9.47 Å². The van der Waals surface area contributed by atoms with E-state index in [2.05, 4.69) is 4.99 Å². The van der Waals surface area contributed by atoms with Crippen LogP contribution in [0.4, 0.5) is 0 Å². The third kappa shape index (κ3) is 3.88. The molecule has 5 heteroatoms. The number of methoxy groups -OCH3 is 2. The quantitative estimate of drug-likeness (QED) is 0.618. The summed E-state index contributed by atoms with van der Waals surface area (Å²) in [5.41, 5.74) is 3.29. The van der Waals surface area contributed by atoms with E-state index >= 15 is 0 Å². The van der Waals surface area contributed by atoms with E-state index < -0.39 is 5.97 Å². The number of hydrogen-bond acceptors (Lipinski definition) is 5. The normalized spacial score (nSPS) is 15.1. The number of carbonyl (C=O) groups is 1. The van der Waals surface area contributed by atoms with Gasteiger partial charge < -0.3 is 14.2 Å². The minimum atomic E-state index is -0.434. The van der Waals surface area contributed by atoms with Crippen LogP contribution in [0.15, 0.2) is 53.2 Å². The Labute approximate surface area is 146 Å². The molecule has 3 rings (SSSR count). The zero-order chi connectivity index (χ0) is 17.8. The summed E-state index contributed by atoms with van der Waals surface area (Å²) in [5.74, 6) is 1.21. The maximum atomic E-state index is 12.0. The highest BCUT2D eigenvalue weighted by Crippen LogP contribution is 2.28. The van der Waals surface area contributed by atoms with Crippen molar-refractivity contribution in [3.05, 3.63) is 64.9 Å². The molecule has 1 aliphatic heterocycles. The van der Waals surface area contributed by atoms with Gasteiger partial charge in [-0.05, 0) is 36.3 Å². The Hall–Kier alpha value is -3.08. The van der Waals surface area contributed by atoms with Gasteiger partial charge in [0.2, 0.25) is 5.90 Å². The van der Waals surface area contributed by atoms with Gasteiger partial charge in [-0.3, -0.25) is 0 Å². The molecule has 1 heterocycles. The molecule has 2 aromatic carbocycles. The van der Waals surface area contributed by atoms with E-state index in [-0.39, 0.29) is 0 Å². The minimum Gasteiger partial charge on any atom is -0.493 e. The minimum absolute atomic E-state index is 0.305. The van der Waals surface area contributed by atoms with Gasteiger partial charge in [-0.2, -0.15) is 0 Å². The van der Waals surface area contributed by atoms with E-state index in [9.17, 15) is 4.79 Å². The summed E-state index contributed by atoms with van der Waals surface area (Å²) < 4.78 is 15.8. The Kier molecular flexibility index (Phi) is 4.84. The van der Waals surface area contributed by atoms with Crippen LogP contribution in [0.25, 0.3) is 6.08 Å². The molecule has 0 saturated heterocycles. The summed E-state index contributed by atoms with van der Waals surface area (Å²) in [6.07, 6.45) is 2.13. The molecule has 0 amide bonds. The third-order valence-corrected chi connectivity index (χ3v) is 3.85. The molecule has 0 saturated carbocycles. The largest absolute Gasteiger partial charge is 0.493 e. The molecular weight excluding hydrogens is 318 g/mol. The highest BCUT2D eigenvalue weighted by atomic mass is 16.6. The van der Waals surface area contributed by atoms with Crippen molar-refractivity contribution >= 4 is 17.9 Å². The van der Waals surface area contributed by atoms with Crippen LogP contribution >= 0.6 is 0 Å². The van der Waals surface area contributed by atoms with Crippen LogP contribution in [0.5, 0.6) is 11.5 Å². The number of ether oxygens (including phenoxy) is 3. The van der Waals surface area contributed by atoms with E-state index in [1.54, 1.807) is 20.3 Å². The van der Waals surface area contributed by atoms with Crippen LogP contribution in [-0.4, -0.2) is 26.1 Å². The van der Waals surface area contributed by atoms with Gasteiger partial charge >= 0.3 is 5.97 Å². The van der Waals surface area contributed by atoms with Gasteiger partial charge in [0, 0.05) is 6.42 Å². The Morgan fingerprint density at radius 2 is 1.76 bits per heavy atom.